The molecule has 0 spiro atoms. The van der Waals surface area contributed by atoms with Gasteiger partial charge in [-0.1, -0.05) is 41.5 Å². The second-order valence-corrected chi connectivity index (χ2v) is 4.97. The third-order valence-electron chi connectivity index (χ3n) is 3.18. The van der Waals surface area contributed by atoms with Gasteiger partial charge in [-0.3, -0.25) is 11.3 Å². The fourth-order valence-corrected chi connectivity index (χ4v) is 2.38. The number of halogens is 1. The van der Waals surface area contributed by atoms with Crippen LogP contribution in [-0.4, -0.2) is 0 Å². The summed E-state index contributed by atoms with van der Waals surface area (Å²) in [6.07, 6.45) is 0.664. The van der Waals surface area contributed by atoms with E-state index in [-0.39, 0.29) is 11.9 Å². The standard InChI is InChI=1S/C16H19FN2/c1-11-6-12(2)8-14(7-11)16(19-18)10-13-4-3-5-15(17)9-13/h3-9,16,19H,10,18H2,1-2H3. The maximum Gasteiger partial charge on any atom is 0.123 e. The molecule has 2 aromatic rings. The highest BCUT2D eigenvalue weighted by atomic mass is 19.1. The van der Waals surface area contributed by atoms with E-state index in [1.165, 1.54) is 17.2 Å². The van der Waals surface area contributed by atoms with Gasteiger partial charge >= 0.3 is 0 Å². The van der Waals surface area contributed by atoms with Crippen LogP contribution < -0.4 is 11.3 Å². The molecule has 0 saturated carbocycles. The lowest BCUT2D eigenvalue weighted by molar-refractivity contribution is 0.548. The van der Waals surface area contributed by atoms with Gasteiger partial charge in [0.25, 0.3) is 0 Å². The van der Waals surface area contributed by atoms with Crippen molar-refractivity contribution in [2.24, 2.45) is 5.84 Å². The smallest absolute Gasteiger partial charge is 0.123 e. The van der Waals surface area contributed by atoms with Gasteiger partial charge in [0, 0.05) is 6.04 Å². The molecule has 0 heterocycles. The van der Waals surface area contributed by atoms with Crippen molar-refractivity contribution in [3.63, 3.8) is 0 Å². The van der Waals surface area contributed by atoms with Gasteiger partial charge < -0.3 is 0 Å². The van der Waals surface area contributed by atoms with Crippen LogP contribution in [0.4, 0.5) is 4.39 Å². The summed E-state index contributed by atoms with van der Waals surface area (Å²) < 4.78 is 13.2. The molecule has 3 heteroatoms. The average Bonchev–Trinajstić information content (AvgIpc) is 2.34. The topological polar surface area (TPSA) is 38.0 Å². The molecule has 2 aromatic carbocycles. The lowest BCUT2D eigenvalue weighted by Gasteiger charge is -2.18. The van der Waals surface area contributed by atoms with E-state index in [0.29, 0.717) is 6.42 Å². The highest BCUT2D eigenvalue weighted by Crippen LogP contribution is 2.20. The minimum Gasteiger partial charge on any atom is -0.271 e. The van der Waals surface area contributed by atoms with Gasteiger partial charge in [-0.25, -0.2) is 4.39 Å². The minimum atomic E-state index is -0.214. The molecule has 0 bridgehead atoms. The van der Waals surface area contributed by atoms with Gasteiger partial charge in [0.1, 0.15) is 5.82 Å². The number of hydrazine groups is 1. The van der Waals surface area contributed by atoms with Crippen molar-refractivity contribution in [2.45, 2.75) is 26.3 Å². The Hall–Kier alpha value is -1.71. The van der Waals surface area contributed by atoms with Gasteiger partial charge in [-0.15, -0.1) is 0 Å². The largest absolute Gasteiger partial charge is 0.271 e. The molecule has 100 valence electrons. The molecule has 1 unspecified atom stereocenters. The summed E-state index contributed by atoms with van der Waals surface area (Å²) >= 11 is 0. The van der Waals surface area contributed by atoms with E-state index >= 15 is 0 Å². The Bertz CT molecular complexity index is 546. The molecule has 19 heavy (non-hydrogen) atoms. The van der Waals surface area contributed by atoms with Gasteiger partial charge in [-0.05, 0) is 43.5 Å². The molecule has 0 aliphatic heterocycles. The summed E-state index contributed by atoms with van der Waals surface area (Å²) in [7, 11) is 0. The fourth-order valence-electron chi connectivity index (χ4n) is 2.38. The lowest BCUT2D eigenvalue weighted by Crippen LogP contribution is -2.29. The number of nitrogens with two attached hydrogens (primary N) is 1. The summed E-state index contributed by atoms with van der Waals surface area (Å²) in [6.45, 7) is 4.12. The third kappa shape index (κ3) is 3.63. The zero-order chi connectivity index (χ0) is 13.8. The summed E-state index contributed by atoms with van der Waals surface area (Å²) in [6, 6.07) is 13.0. The van der Waals surface area contributed by atoms with Gasteiger partial charge in [0.05, 0.1) is 0 Å². The van der Waals surface area contributed by atoms with E-state index in [0.717, 1.165) is 11.1 Å². The second-order valence-electron chi connectivity index (χ2n) is 4.97. The van der Waals surface area contributed by atoms with Crippen LogP contribution in [0.2, 0.25) is 0 Å². The Morgan fingerprint density at radius 1 is 1.11 bits per heavy atom. The number of aryl methyl sites for hydroxylation is 2. The number of rotatable bonds is 4. The number of nitrogens with one attached hydrogen (secondary N) is 1. The molecular formula is C16H19FN2. The first-order valence-electron chi connectivity index (χ1n) is 6.37. The third-order valence-corrected chi connectivity index (χ3v) is 3.18. The van der Waals surface area contributed by atoms with Crippen molar-refractivity contribution in [3.8, 4) is 0 Å². The van der Waals surface area contributed by atoms with E-state index in [1.807, 2.05) is 6.07 Å². The molecule has 1 atom stereocenters. The zero-order valence-electron chi connectivity index (χ0n) is 11.3. The average molecular weight is 258 g/mol. The Labute approximate surface area is 113 Å². The number of hydrogen-bond donors (Lipinski definition) is 2. The Balaban J connectivity index is 2.24. The minimum absolute atomic E-state index is 0.0135. The highest BCUT2D eigenvalue weighted by Gasteiger charge is 2.11. The zero-order valence-corrected chi connectivity index (χ0v) is 11.3. The van der Waals surface area contributed by atoms with E-state index in [1.54, 1.807) is 12.1 Å². The SMILES string of the molecule is Cc1cc(C)cc(C(Cc2cccc(F)c2)NN)c1. The van der Waals surface area contributed by atoms with E-state index in [2.05, 4.69) is 37.5 Å². The van der Waals surface area contributed by atoms with Crippen LogP contribution in [0.3, 0.4) is 0 Å². The molecule has 0 aliphatic carbocycles. The normalized spacial score (nSPS) is 12.4. The van der Waals surface area contributed by atoms with Crippen molar-refractivity contribution in [1.82, 2.24) is 5.43 Å². The van der Waals surface area contributed by atoms with E-state index < -0.39 is 0 Å². The predicted octanol–water partition coefficient (Wildman–Crippen LogP) is 3.19. The van der Waals surface area contributed by atoms with Crippen LogP contribution in [0.5, 0.6) is 0 Å². The predicted molar refractivity (Wildman–Crippen MR) is 76.1 cm³/mol. The summed E-state index contributed by atoms with van der Waals surface area (Å²) in [5.41, 5.74) is 7.29. The van der Waals surface area contributed by atoms with Crippen LogP contribution >= 0.6 is 0 Å². The van der Waals surface area contributed by atoms with Crippen LogP contribution in [0.15, 0.2) is 42.5 Å². The first kappa shape index (κ1) is 13.7. The molecule has 0 amide bonds. The van der Waals surface area contributed by atoms with Gasteiger partial charge in [0.2, 0.25) is 0 Å². The first-order valence-corrected chi connectivity index (χ1v) is 6.37. The number of benzene rings is 2. The maximum absolute atomic E-state index is 13.2. The van der Waals surface area contributed by atoms with Crippen LogP contribution in [-0.2, 0) is 6.42 Å². The van der Waals surface area contributed by atoms with Crippen molar-refractivity contribution in [2.75, 3.05) is 0 Å². The molecule has 0 saturated heterocycles. The van der Waals surface area contributed by atoms with Crippen LogP contribution in [0, 0.1) is 19.7 Å². The van der Waals surface area contributed by atoms with Crippen LogP contribution in [0.1, 0.15) is 28.3 Å². The molecule has 0 aliphatic rings. The highest BCUT2D eigenvalue weighted by molar-refractivity contribution is 5.32. The second kappa shape index (κ2) is 5.95. The fraction of sp³-hybridized carbons (Fsp3) is 0.250. The molecule has 0 radical (unpaired) electrons. The quantitative estimate of drug-likeness (QED) is 0.653. The lowest BCUT2D eigenvalue weighted by atomic mass is 9.96. The molecule has 0 fully saturated rings. The number of hydrogen-bond acceptors (Lipinski definition) is 2. The summed E-state index contributed by atoms with van der Waals surface area (Å²) in [5.74, 6) is 5.43. The van der Waals surface area contributed by atoms with Gasteiger partial charge in [-0.2, -0.15) is 0 Å². The van der Waals surface area contributed by atoms with Crippen molar-refractivity contribution < 1.29 is 4.39 Å². The monoisotopic (exact) mass is 258 g/mol. The first-order chi connectivity index (χ1) is 9.08. The molecule has 3 N–H and O–H groups in total. The van der Waals surface area contributed by atoms with Crippen molar-refractivity contribution >= 4 is 0 Å². The Morgan fingerprint density at radius 2 is 1.79 bits per heavy atom. The molecule has 2 rings (SSSR count). The van der Waals surface area contributed by atoms with Gasteiger partial charge in [0.15, 0.2) is 0 Å². The molecule has 0 aromatic heterocycles. The summed E-state index contributed by atoms with van der Waals surface area (Å²) in [5, 5.41) is 0. The van der Waals surface area contributed by atoms with Crippen molar-refractivity contribution in [3.05, 3.63) is 70.5 Å². The van der Waals surface area contributed by atoms with E-state index in [9.17, 15) is 4.39 Å². The Kier molecular flexibility index (Phi) is 4.30. The molecular weight excluding hydrogens is 239 g/mol. The molecule has 2 nitrogen and oxygen atoms in total. The maximum atomic E-state index is 13.2. The Morgan fingerprint density at radius 3 is 2.37 bits per heavy atom. The summed E-state index contributed by atoms with van der Waals surface area (Å²) in [4.78, 5) is 0. The van der Waals surface area contributed by atoms with Crippen LogP contribution in [0.25, 0.3) is 0 Å². The van der Waals surface area contributed by atoms with E-state index in [4.69, 9.17) is 5.84 Å². The van der Waals surface area contributed by atoms with Crippen molar-refractivity contribution in [1.29, 1.82) is 0 Å².